The van der Waals surface area contributed by atoms with Crippen molar-refractivity contribution in [1.29, 1.82) is 0 Å². The van der Waals surface area contributed by atoms with Crippen molar-refractivity contribution in [3.63, 3.8) is 0 Å². The second-order valence-corrected chi connectivity index (χ2v) is 5.79. The van der Waals surface area contributed by atoms with Gasteiger partial charge in [-0.1, -0.05) is 29.8 Å². The van der Waals surface area contributed by atoms with E-state index in [0.29, 0.717) is 36.9 Å². The van der Waals surface area contributed by atoms with Crippen LogP contribution in [0.5, 0.6) is 0 Å². The number of benzene rings is 1. The Bertz CT molecular complexity index is 435. The van der Waals surface area contributed by atoms with Gasteiger partial charge in [-0.3, -0.25) is 4.79 Å². The minimum absolute atomic E-state index is 0.0456. The highest BCUT2D eigenvalue weighted by molar-refractivity contribution is 9.10. The Morgan fingerprint density at radius 2 is 2.16 bits per heavy atom. The van der Waals surface area contributed by atoms with Crippen molar-refractivity contribution in [3.05, 3.63) is 28.2 Å². The van der Waals surface area contributed by atoms with Crippen molar-refractivity contribution in [2.45, 2.75) is 13.8 Å². The van der Waals surface area contributed by atoms with Crippen LogP contribution in [0.2, 0.25) is 0 Å². The number of amides is 1. The quantitative estimate of drug-likeness (QED) is 0.817. The average molecular weight is 329 g/mol. The van der Waals surface area contributed by atoms with Gasteiger partial charge >= 0.3 is 0 Å². The molecule has 0 saturated heterocycles. The lowest BCUT2D eigenvalue weighted by Crippen LogP contribution is -2.37. The van der Waals surface area contributed by atoms with Crippen LogP contribution < -0.4 is 5.73 Å². The second-order valence-electron chi connectivity index (χ2n) is 4.87. The highest BCUT2D eigenvalue weighted by Gasteiger charge is 2.18. The molecule has 1 amide bonds. The molecule has 0 bridgehead atoms. The summed E-state index contributed by atoms with van der Waals surface area (Å²) in [6.45, 7) is 5.95. The van der Waals surface area contributed by atoms with Gasteiger partial charge in [-0.05, 0) is 24.1 Å². The van der Waals surface area contributed by atoms with E-state index < -0.39 is 0 Å². The van der Waals surface area contributed by atoms with Crippen molar-refractivity contribution in [1.82, 2.24) is 4.90 Å². The molecule has 0 aliphatic rings. The molecule has 0 heterocycles. The van der Waals surface area contributed by atoms with E-state index in [1.54, 1.807) is 24.1 Å². The third kappa shape index (κ3) is 4.84. The molecular weight excluding hydrogens is 308 g/mol. The lowest BCUT2D eigenvalue weighted by atomic mass is 10.1. The van der Waals surface area contributed by atoms with E-state index in [4.69, 9.17) is 10.5 Å². The minimum Gasteiger partial charge on any atom is -0.398 e. The molecule has 0 aliphatic carbocycles. The number of anilines is 1. The van der Waals surface area contributed by atoms with E-state index in [1.165, 1.54) is 0 Å². The number of hydrogen-bond donors (Lipinski definition) is 1. The zero-order valence-corrected chi connectivity index (χ0v) is 13.2. The van der Waals surface area contributed by atoms with Gasteiger partial charge in [0.05, 0.1) is 12.2 Å². The van der Waals surface area contributed by atoms with E-state index in [-0.39, 0.29) is 5.91 Å². The van der Waals surface area contributed by atoms with Gasteiger partial charge in [-0.15, -0.1) is 0 Å². The van der Waals surface area contributed by atoms with Gasteiger partial charge in [-0.25, -0.2) is 0 Å². The molecule has 1 aromatic carbocycles. The van der Waals surface area contributed by atoms with Gasteiger partial charge in [0.15, 0.2) is 0 Å². The van der Waals surface area contributed by atoms with Gasteiger partial charge in [0, 0.05) is 30.4 Å². The molecular formula is C14H21BrN2O2. The summed E-state index contributed by atoms with van der Waals surface area (Å²) in [5.41, 5.74) is 6.94. The fourth-order valence-electron chi connectivity index (χ4n) is 1.82. The van der Waals surface area contributed by atoms with Gasteiger partial charge in [0.2, 0.25) is 0 Å². The lowest BCUT2D eigenvalue weighted by Gasteiger charge is -2.25. The third-order valence-electron chi connectivity index (χ3n) is 2.68. The zero-order chi connectivity index (χ0) is 14.4. The molecule has 4 nitrogen and oxygen atoms in total. The highest BCUT2D eigenvalue weighted by atomic mass is 79.9. The summed E-state index contributed by atoms with van der Waals surface area (Å²) in [6.07, 6.45) is 0. The number of rotatable bonds is 6. The maximum absolute atomic E-state index is 12.5. The molecule has 2 N–H and O–H groups in total. The third-order valence-corrected chi connectivity index (χ3v) is 3.18. The second kappa shape index (κ2) is 7.50. The minimum atomic E-state index is -0.0456. The van der Waals surface area contributed by atoms with Crippen LogP contribution in [0.15, 0.2) is 22.7 Å². The summed E-state index contributed by atoms with van der Waals surface area (Å²) in [6, 6.07) is 5.33. The summed E-state index contributed by atoms with van der Waals surface area (Å²) in [5.74, 6) is 0.355. The van der Waals surface area contributed by atoms with Crippen LogP contribution in [0.4, 0.5) is 5.69 Å². The number of nitrogens with two attached hydrogens (primary N) is 1. The molecule has 1 aromatic rings. The summed E-state index contributed by atoms with van der Waals surface area (Å²) >= 11 is 3.34. The maximum Gasteiger partial charge on any atom is 0.256 e. The molecule has 0 fully saturated rings. The Hall–Kier alpha value is -1.07. The number of methoxy groups -OCH3 is 1. The highest BCUT2D eigenvalue weighted by Crippen LogP contribution is 2.20. The first kappa shape index (κ1) is 16.0. The Balaban J connectivity index is 2.90. The predicted molar refractivity (Wildman–Crippen MR) is 81.2 cm³/mol. The lowest BCUT2D eigenvalue weighted by molar-refractivity contribution is 0.0673. The normalized spacial score (nSPS) is 10.8. The predicted octanol–water partition coefficient (Wildman–Crippen LogP) is 2.78. The van der Waals surface area contributed by atoms with Crippen LogP contribution in [0.25, 0.3) is 0 Å². The van der Waals surface area contributed by atoms with E-state index in [0.717, 1.165) is 4.47 Å². The fourth-order valence-corrected chi connectivity index (χ4v) is 2.20. The van der Waals surface area contributed by atoms with Crippen LogP contribution in [-0.2, 0) is 4.74 Å². The first-order valence-electron chi connectivity index (χ1n) is 6.29. The van der Waals surface area contributed by atoms with E-state index in [2.05, 4.69) is 29.8 Å². The number of hydrogen-bond acceptors (Lipinski definition) is 3. The summed E-state index contributed by atoms with van der Waals surface area (Å²) < 4.78 is 5.93. The molecule has 19 heavy (non-hydrogen) atoms. The van der Waals surface area contributed by atoms with Gasteiger partial charge < -0.3 is 15.4 Å². The average Bonchev–Trinajstić information content (AvgIpc) is 2.33. The van der Waals surface area contributed by atoms with Crippen molar-refractivity contribution >= 4 is 27.5 Å². The van der Waals surface area contributed by atoms with Crippen molar-refractivity contribution in [3.8, 4) is 0 Å². The molecule has 1 rings (SSSR count). The first-order chi connectivity index (χ1) is 8.95. The monoisotopic (exact) mass is 328 g/mol. The van der Waals surface area contributed by atoms with E-state index >= 15 is 0 Å². The molecule has 5 heteroatoms. The van der Waals surface area contributed by atoms with E-state index in [9.17, 15) is 4.79 Å². The summed E-state index contributed by atoms with van der Waals surface area (Å²) in [4.78, 5) is 14.3. The molecule has 0 radical (unpaired) electrons. The van der Waals surface area contributed by atoms with Crippen LogP contribution >= 0.6 is 15.9 Å². The first-order valence-corrected chi connectivity index (χ1v) is 7.08. The SMILES string of the molecule is COCCN(CC(C)C)C(=O)c1ccc(Br)cc1N. The van der Waals surface area contributed by atoms with E-state index in [1.807, 2.05) is 6.07 Å². The van der Waals surface area contributed by atoms with Gasteiger partial charge in [0.25, 0.3) is 5.91 Å². The van der Waals surface area contributed by atoms with Crippen molar-refractivity contribution < 1.29 is 9.53 Å². The molecule has 0 aromatic heterocycles. The van der Waals surface area contributed by atoms with Crippen molar-refractivity contribution in [2.75, 3.05) is 32.5 Å². The standard InChI is InChI=1S/C14H21BrN2O2/c1-10(2)9-17(6-7-19-3)14(18)12-5-4-11(15)8-13(12)16/h4-5,8,10H,6-7,9,16H2,1-3H3. The van der Waals surface area contributed by atoms with Crippen LogP contribution in [0.3, 0.4) is 0 Å². The number of halogens is 1. The number of carbonyl (C=O) groups is 1. The topological polar surface area (TPSA) is 55.6 Å². The fraction of sp³-hybridized carbons (Fsp3) is 0.500. The maximum atomic E-state index is 12.5. The summed E-state index contributed by atoms with van der Waals surface area (Å²) in [5, 5.41) is 0. The number of nitrogens with zero attached hydrogens (tertiary/aromatic N) is 1. The number of carbonyl (C=O) groups excluding carboxylic acids is 1. The number of ether oxygens (including phenoxy) is 1. The smallest absolute Gasteiger partial charge is 0.256 e. The molecule has 0 saturated carbocycles. The molecule has 0 unspecified atom stereocenters. The Kier molecular flexibility index (Phi) is 6.31. The molecule has 0 spiro atoms. The van der Waals surface area contributed by atoms with Gasteiger partial charge in [0.1, 0.15) is 0 Å². The van der Waals surface area contributed by atoms with Crippen LogP contribution in [0.1, 0.15) is 24.2 Å². The summed E-state index contributed by atoms with van der Waals surface area (Å²) in [7, 11) is 1.63. The molecule has 0 atom stereocenters. The molecule has 0 aliphatic heterocycles. The Morgan fingerprint density at radius 1 is 1.47 bits per heavy atom. The Morgan fingerprint density at radius 3 is 2.68 bits per heavy atom. The zero-order valence-electron chi connectivity index (χ0n) is 11.6. The van der Waals surface area contributed by atoms with Crippen LogP contribution in [-0.4, -0.2) is 37.6 Å². The van der Waals surface area contributed by atoms with Crippen LogP contribution in [0, 0.1) is 5.92 Å². The largest absolute Gasteiger partial charge is 0.398 e. The Labute approximate surface area is 123 Å². The van der Waals surface area contributed by atoms with Crippen molar-refractivity contribution in [2.24, 2.45) is 5.92 Å². The van der Waals surface area contributed by atoms with Gasteiger partial charge in [-0.2, -0.15) is 0 Å². The number of nitrogen functional groups attached to an aromatic ring is 1. The molecule has 106 valence electrons.